The first-order valence-electron chi connectivity index (χ1n) is 8.69. The number of rotatable bonds is 7. The number of aliphatic hydroxyl groups is 1. The van der Waals surface area contributed by atoms with Crippen molar-refractivity contribution in [3.63, 3.8) is 0 Å². The lowest BCUT2D eigenvalue weighted by Crippen LogP contribution is -2.39. The highest BCUT2D eigenvalue weighted by Crippen LogP contribution is 2.29. The molecule has 0 aromatic carbocycles. The van der Waals surface area contributed by atoms with Gasteiger partial charge in [0, 0.05) is 18.8 Å². The summed E-state index contributed by atoms with van der Waals surface area (Å²) in [7, 11) is 0. The molecule has 0 radical (unpaired) electrons. The van der Waals surface area contributed by atoms with E-state index in [0.717, 1.165) is 49.8 Å². The van der Waals surface area contributed by atoms with Crippen molar-refractivity contribution >= 4 is 5.91 Å². The summed E-state index contributed by atoms with van der Waals surface area (Å²) in [5.41, 5.74) is 1.87. The number of H-pyrrole nitrogens is 1. The van der Waals surface area contributed by atoms with E-state index in [-0.39, 0.29) is 29.1 Å². The third kappa shape index (κ3) is 4.02. The molecule has 0 aliphatic heterocycles. The molecule has 0 atom stereocenters. The van der Waals surface area contributed by atoms with E-state index < -0.39 is 0 Å². The molecule has 128 valence electrons. The van der Waals surface area contributed by atoms with Crippen molar-refractivity contribution in [1.29, 1.82) is 0 Å². The molecule has 1 aromatic heterocycles. The maximum absolute atomic E-state index is 12.4. The second-order valence-electron chi connectivity index (χ2n) is 6.59. The SMILES string of the molecule is CCC(CC)(CCO)CNC(=O)c1cc2c([nH]c1=O)CCCC2. The summed E-state index contributed by atoms with van der Waals surface area (Å²) in [5, 5.41) is 12.2. The van der Waals surface area contributed by atoms with Crippen LogP contribution in [-0.2, 0) is 12.8 Å². The van der Waals surface area contributed by atoms with Crippen LogP contribution in [0.3, 0.4) is 0 Å². The maximum Gasteiger partial charge on any atom is 0.261 e. The predicted octanol–water partition coefficient (Wildman–Crippen LogP) is 2.17. The van der Waals surface area contributed by atoms with E-state index >= 15 is 0 Å². The Kier molecular flexibility index (Phi) is 5.99. The van der Waals surface area contributed by atoms with Gasteiger partial charge in [-0.15, -0.1) is 0 Å². The van der Waals surface area contributed by atoms with Crippen molar-refractivity contribution in [2.45, 2.75) is 58.8 Å². The molecule has 1 aliphatic carbocycles. The number of hydrogen-bond acceptors (Lipinski definition) is 3. The molecule has 0 saturated carbocycles. The Labute approximate surface area is 137 Å². The van der Waals surface area contributed by atoms with E-state index in [1.807, 2.05) is 0 Å². The Bertz CT molecular complexity index is 603. The van der Waals surface area contributed by atoms with Crippen LogP contribution in [0.5, 0.6) is 0 Å². The molecule has 2 rings (SSSR count). The molecule has 3 N–H and O–H groups in total. The Balaban J connectivity index is 2.13. The normalized spacial score (nSPS) is 14.4. The molecular weight excluding hydrogens is 292 g/mol. The largest absolute Gasteiger partial charge is 0.396 e. The van der Waals surface area contributed by atoms with Crippen molar-refractivity contribution in [3.05, 3.63) is 33.2 Å². The van der Waals surface area contributed by atoms with E-state index in [0.29, 0.717) is 13.0 Å². The molecule has 0 saturated heterocycles. The fourth-order valence-electron chi connectivity index (χ4n) is 3.39. The van der Waals surface area contributed by atoms with Crippen molar-refractivity contribution < 1.29 is 9.90 Å². The summed E-state index contributed by atoms with van der Waals surface area (Å²) in [5.74, 6) is -0.316. The van der Waals surface area contributed by atoms with Crippen LogP contribution < -0.4 is 10.9 Å². The highest BCUT2D eigenvalue weighted by Gasteiger charge is 2.27. The van der Waals surface area contributed by atoms with E-state index in [2.05, 4.69) is 24.1 Å². The number of hydrogen-bond donors (Lipinski definition) is 3. The zero-order valence-electron chi connectivity index (χ0n) is 14.2. The van der Waals surface area contributed by atoms with Crippen LogP contribution in [0.4, 0.5) is 0 Å². The van der Waals surface area contributed by atoms with Crippen LogP contribution in [0.25, 0.3) is 0 Å². The number of aromatic nitrogens is 1. The summed E-state index contributed by atoms with van der Waals surface area (Å²) in [6.45, 7) is 4.72. The van der Waals surface area contributed by atoms with Crippen molar-refractivity contribution in [2.24, 2.45) is 5.41 Å². The van der Waals surface area contributed by atoms with Crippen LogP contribution in [0.1, 0.15) is 67.6 Å². The van der Waals surface area contributed by atoms with Crippen molar-refractivity contribution in [3.8, 4) is 0 Å². The molecule has 1 amide bonds. The second kappa shape index (κ2) is 7.77. The van der Waals surface area contributed by atoms with Gasteiger partial charge in [0.1, 0.15) is 5.56 Å². The van der Waals surface area contributed by atoms with Gasteiger partial charge in [-0.05, 0) is 62.0 Å². The highest BCUT2D eigenvalue weighted by molar-refractivity contribution is 5.94. The first kappa shape index (κ1) is 17.7. The summed E-state index contributed by atoms with van der Waals surface area (Å²) in [6, 6.07) is 1.76. The summed E-state index contributed by atoms with van der Waals surface area (Å²) < 4.78 is 0. The van der Waals surface area contributed by atoms with E-state index in [1.54, 1.807) is 6.07 Å². The molecule has 23 heavy (non-hydrogen) atoms. The van der Waals surface area contributed by atoms with Crippen LogP contribution in [0.2, 0.25) is 0 Å². The van der Waals surface area contributed by atoms with Gasteiger partial charge >= 0.3 is 0 Å². The van der Waals surface area contributed by atoms with Crippen LogP contribution in [0.15, 0.2) is 10.9 Å². The molecule has 1 aliphatic rings. The quantitative estimate of drug-likeness (QED) is 0.720. The zero-order valence-corrected chi connectivity index (χ0v) is 14.2. The highest BCUT2D eigenvalue weighted by atomic mass is 16.3. The Morgan fingerprint density at radius 3 is 2.65 bits per heavy atom. The molecule has 5 nitrogen and oxygen atoms in total. The minimum absolute atomic E-state index is 0.106. The number of aromatic amines is 1. The third-order valence-corrected chi connectivity index (χ3v) is 5.35. The fourth-order valence-corrected chi connectivity index (χ4v) is 3.39. The van der Waals surface area contributed by atoms with Gasteiger partial charge in [0.15, 0.2) is 0 Å². The van der Waals surface area contributed by atoms with Gasteiger partial charge in [-0.1, -0.05) is 13.8 Å². The Morgan fingerprint density at radius 2 is 2.00 bits per heavy atom. The first-order valence-corrected chi connectivity index (χ1v) is 8.69. The Morgan fingerprint density at radius 1 is 1.30 bits per heavy atom. The minimum Gasteiger partial charge on any atom is -0.396 e. The summed E-state index contributed by atoms with van der Waals surface area (Å²) >= 11 is 0. The van der Waals surface area contributed by atoms with E-state index in [1.165, 1.54) is 0 Å². The molecule has 5 heteroatoms. The minimum atomic E-state index is -0.316. The van der Waals surface area contributed by atoms with Gasteiger partial charge in [0.2, 0.25) is 0 Å². The number of nitrogens with one attached hydrogen (secondary N) is 2. The van der Waals surface area contributed by atoms with Gasteiger partial charge in [-0.2, -0.15) is 0 Å². The maximum atomic E-state index is 12.4. The zero-order chi connectivity index (χ0) is 16.9. The number of fused-ring (bicyclic) bond motifs is 1. The second-order valence-corrected chi connectivity index (χ2v) is 6.59. The van der Waals surface area contributed by atoms with Crippen molar-refractivity contribution in [2.75, 3.05) is 13.2 Å². The summed E-state index contributed by atoms with van der Waals surface area (Å²) in [6.07, 6.45) is 6.41. The number of carbonyl (C=O) groups excluding carboxylic acids is 1. The molecule has 0 unspecified atom stereocenters. The van der Waals surface area contributed by atoms with Gasteiger partial charge < -0.3 is 15.4 Å². The molecular formula is C18H28N2O3. The fraction of sp³-hybridized carbons (Fsp3) is 0.667. The molecule has 1 heterocycles. The van der Waals surface area contributed by atoms with Crippen LogP contribution >= 0.6 is 0 Å². The van der Waals surface area contributed by atoms with Gasteiger partial charge in [0.25, 0.3) is 11.5 Å². The molecule has 0 fully saturated rings. The molecule has 1 aromatic rings. The number of carbonyl (C=O) groups is 1. The third-order valence-electron chi connectivity index (χ3n) is 5.35. The van der Waals surface area contributed by atoms with E-state index in [9.17, 15) is 14.7 Å². The summed E-state index contributed by atoms with van der Waals surface area (Å²) in [4.78, 5) is 27.5. The molecule has 0 bridgehead atoms. The first-order chi connectivity index (χ1) is 11.0. The average Bonchev–Trinajstić information content (AvgIpc) is 2.58. The van der Waals surface area contributed by atoms with Gasteiger partial charge in [-0.25, -0.2) is 0 Å². The number of aliphatic hydroxyl groups excluding tert-OH is 1. The van der Waals surface area contributed by atoms with Crippen molar-refractivity contribution in [1.82, 2.24) is 10.3 Å². The van der Waals surface area contributed by atoms with E-state index in [4.69, 9.17) is 0 Å². The molecule has 0 spiro atoms. The van der Waals surface area contributed by atoms with Crippen LogP contribution in [-0.4, -0.2) is 29.1 Å². The monoisotopic (exact) mass is 320 g/mol. The van der Waals surface area contributed by atoms with Crippen LogP contribution in [0, 0.1) is 5.41 Å². The smallest absolute Gasteiger partial charge is 0.261 e. The lowest BCUT2D eigenvalue weighted by molar-refractivity contribution is 0.0905. The van der Waals surface area contributed by atoms with Gasteiger partial charge in [-0.3, -0.25) is 9.59 Å². The topological polar surface area (TPSA) is 82.2 Å². The lowest BCUT2D eigenvalue weighted by atomic mass is 9.79. The number of pyridine rings is 1. The van der Waals surface area contributed by atoms with Gasteiger partial charge in [0.05, 0.1) is 0 Å². The number of amides is 1. The standard InChI is InChI=1S/C18H28N2O3/c1-3-18(4-2,9-10-21)12-19-16(22)14-11-13-7-5-6-8-15(13)20-17(14)23/h11,21H,3-10,12H2,1-2H3,(H,19,22)(H,20,23). The number of aryl methyl sites for hydroxylation is 2. The lowest BCUT2D eigenvalue weighted by Gasteiger charge is -2.31. The Hall–Kier alpha value is -1.62. The predicted molar refractivity (Wildman–Crippen MR) is 90.8 cm³/mol. The average molecular weight is 320 g/mol.